The molecular formula is C30H43N. The zero-order valence-corrected chi connectivity index (χ0v) is 21.2. The minimum atomic E-state index is 0.250. The van der Waals surface area contributed by atoms with Crippen molar-refractivity contribution in [2.45, 2.75) is 79.6 Å². The van der Waals surface area contributed by atoms with Crippen molar-refractivity contribution < 1.29 is 0 Å². The first-order valence-electron chi connectivity index (χ1n) is 12.3. The highest BCUT2D eigenvalue weighted by atomic mass is 15.1. The van der Waals surface area contributed by atoms with Gasteiger partial charge in [0.2, 0.25) is 0 Å². The molecule has 1 heteroatoms. The summed E-state index contributed by atoms with van der Waals surface area (Å²) in [4.78, 5) is 2.40. The zero-order chi connectivity index (χ0) is 23.2. The Bertz CT molecular complexity index is 929. The van der Waals surface area contributed by atoms with Crippen LogP contribution >= 0.6 is 0 Å². The molecule has 2 aliphatic rings. The van der Waals surface area contributed by atoms with E-state index in [0.717, 1.165) is 25.8 Å². The van der Waals surface area contributed by atoms with Crippen molar-refractivity contribution in [3.05, 3.63) is 70.8 Å². The number of fused-ring (bicyclic) bond motifs is 2. The maximum atomic E-state index is 4.20. The lowest BCUT2D eigenvalue weighted by Gasteiger charge is -2.39. The molecule has 1 aliphatic carbocycles. The Balaban J connectivity index is 0.000000807. The molecule has 0 radical (unpaired) electrons. The van der Waals surface area contributed by atoms with Crippen LogP contribution < -0.4 is 4.90 Å². The van der Waals surface area contributed by atoms with Crippen LogP contribution in [0.3, 0.4) is 0 Å². The fourth-order valence-electron chi connectivity index (χ4n) is 4.46. The molecule has 0 N–H and O–H groups in total. The molecular weight excluding hydrogens is 374 g/mol. The normalized spacial score (nSPS) is 15.9. The molecule has 0 saturated carbocycles. The maximum Gasteiger partial charge on any atom is 0.0402 e. The first-order chi connectivity index (χ1) is 14.9. The van der Waals surface area contributed by atoms with E-state index in [-0.39, 0.29) is 5.41 Å². The summed E-state index contributed by atoms with van der Waals surface area (Å²) >= 11 is 0. The molecule has 0 atom stereocenters. The summed E-state index contributed by atoms with van der Waals surface area (Å²) in [5, 5.41) is 0. The van der Waals surface area contributed by atoms with Crippen LogP contribution in [0.1, 0.15) is 95.5 Å². The Morgan fingerprint density at radius 3 is 2.39 bits per heavy atom. The molecule has 0 spiro atoms. The van der Waals surface area contributed by atoms with Crippen molar-refractivity contribution >= 4 is 22.9 Å². The van der Waals surface area contributed by atoms with Crippen molar-refractivity contribution in [1.82, 2.24) is 0 Å². The largest absolute Gasteiger partial charge is 0.374 e. The molecule has 0 amide bonds. The summed E-state index contributed by atoms with van der Waals surface area (Å²) < 4.78 is 0. The van der Waals surface area contributed by atoms with Crippen LogP contribution in [0.25, 0.3) is 17.2 Å². The molecule has 31 heavy (non-hydrogen) atoms. The van der Waals surface area contributed by atoms with Crippen LogP contribution in [0.5, 0.6) is 0 Å². The highest BCUT2D eigenvalue weighted by Gasteiger charge is 2.30. The second kappa shape index (κ2) is 10.8. The Kier molecular flexibility index (Phi) is 8.74. The standard InChI is InChI=1S/C26H31N.2C2H6/c1-6-18(2)19-7-8-21-16-22(10-9-20(21)15-19)23-11-12-25-24(17-23)26(3,4)13-14-27(25)5;2*1-2/h7-8,11-12,15-17H,2,6,9-10,13-14H2,1,3-5H3;2*1-2H3. The van der Waals surface area contributed by atoms with Gasteiger partial charge < -0.3 is 4.90 Å². The number of nitrogens with zero attached hydrogens (tertiary/aromatic N) is 1. The van der Waals surface area contributed by atoms with Crippen LogP contribution in [0, 0.1) is 0 Å². The van der Waals surface area contributed by atoms with Gasteiger partial charge >= 0.3 is 0 Å². The van der Waals surface area contributed by atoms with Gasteiger partial charge in [-0.2, -0.15) is 0 Å². The van der Waals surface area contributed by atoms with Gasteiger partial charge in [-0.15, -0.1) is 0 Å². The van der Waals surface area contributed by atoms with E-state index in [1.54, 1.807) is 0 Å². The minimum Gasteiger partial charge on any atom is -0.374 e. The van der Waals surface area contributed by atoms with Gasteiger partial charge in [-0.05, 0) is 82.2 Å². The van der Waals surface area contributed by atoms with Gasteiger partial charge in [0.05, 0.1) is 0 Å². The molecule has 4 rings (SSSR count). The molecule has 1 nitrogen and oxygen atoms in total. The molecule has 0 bridgehead atoms. The van der Waals surface area contributed by atoms with E-state index in [1.807, 2.05) is 27.7 Å². The van der Waals surface area contributed by atoms with Gasteiger partial charge in [0, 0.05) is 19.3 Å². The number of hydrogen-bond donors (Lipinski definition) is 0. The molecule has 1 aliphatic heterocycles. The highest BCUT2D eigenvalue weighted by Crippen LogP contribution is 2.41. The third-order valence-corrected chi connectivity index (χ3v) is 6.55. The monoisotopic (exact) mass is 417 g/mol. The van der Waals surface area contributed by atoms with Gasteiger partial charge in [-0.25, -0.2) is 0 Å². The maximum absolute atomic E-state index is 4.20. The van der Waals surface area contributed by atoms with Gasteiger partial charge in [0.25, 0.3) is 0 Å². The first kappa shape index (κ1) is 25.0. The number of aryl methyl sites for hydroxylation is 1. The fraction of sp³-hybridized carbons (Fsp3) is 0.467. The fourth-order valence-corrected chi connectivity index (χ4v) is 4.46. The molecule has 1 heterocycles. The van der Waals surface area contributed by atoms with Crippen molar-refractivity contribution in [2.24, 2.45) is 0 Å². The summed E-state index contributed by atoms with van der Waals surface area (Å²) in [6.45, 7) is 20.3. The van der Waals surface area contributed by atoms with E-state index in [4.69, 9.17) is 0 Å². The Labute approximate surface area is 191 Å². The van der Waals surface area contributed by atoms with E-state index in [1.165, 1.54) is 51.1 Å². The van der Waals surface area contributed by atoms with Gasteiger partial charge in [0.1, 0.15) is 0 Å². The Hall–Kier alpha value is -2.28. The molecule has 0 aromatic heterocycles. The number of rotatable bonds is 3. The van der Waals surface area contributed by atoms with E-state index >= 15 is 0 Å². The van der Waals surface area contributed by atoms with Crippen LogP contribution in [0.4, 0.5) is 5.69 Å². The van der Waals surface area contributed by atoms with Gasteiger partial charge in [-0.1, -0.05) is 85.4 Å². The summed E-state index contributed by atoms with van der Waals surface area (Å²) in [5.74, 6) is 0. The van der Waals surface area contributed by atoms with Crippen molar-refractivity contribution in [3.63, 3.8) is 0 Å². The van der Waals surface area contributed by atoms with E-state index < -0.39 is 0 Å². The SMILES string of the molecule is C=C(CC)c1ccc2c(c1)CCC(c1ccc3c(c1)C(C)(C)CCN3C)=C2.CC.CC. The molecule has 2 aromatic carbocycles. The molecule has 2 aromatic rings. The number of hydrogen-bond acceptors (Lipinski definition) is 1. The second-order valence-electron chi connectivity index (χ2n) is 8.83. The predicted molar refractivity (Wildman–Crippen MR) is 142 cm³/mol. The summed E-state index contributed by atoms with van der Waals surface area (Å²) in [5.41, 5.74) is 11.4. The van der Waals surface area contributed by atoms with Crippen molar-refractivity contribution in [2.75, 3.05) is 18.5 Å². The van der Waals surface area contributed by atoms with E-state index in [9.17, 15) is 0 Å². The molecule has 0 saturated heterocycles. The summed E-state index contributed by atoms with van der Waals surface area (Å²) in [6.07, 6.45) is 6.86. The third-order valence-electron chi connectivity index (χ3n) is 6.55. The quantitative estimate of drug-likeness (QED) is 0.482. The predicted octanol–water partition coefficient (Wildman–Crippen LogP) is 8.77. The molecule has 0 fully saturated rings. The lowest BCUT2D eigenvalue weighted by molar-refractivity contribution is 0.462. The molecule has 0 unspecified atom stereocenters. The topological polar surface area (TPSA) is 3.24 Å². The van der Waals surface area contributed by atoms with E-state index in [2.05, 4.69) is 81.8 Å². The van der Waals surface area contributed by atoms with Crippen LogP contribution in [-0.2, 0) is 11.8 Å². The average molecular weight is 418 g/mol. The van der Waals surface area contributed by atoms with E-state index in [0.29, 0.717) is 0 Å². The smallest absolute Gasteiger partial charge is 0.0402 e. The molecule has 168 valence electrons. The number of anilines is 1. The average Bonchev–Trinajstić information content (AvgIpc) is 2.83. The highest BCUT2D eigenvalue weighted by molar-refractivity contribution is 5.86. The zero-order valence-electron chi connectivity index (χ0n) is 21.2. The van der Waals surface area contributed by atoms with Crippen LogP contribution in [-0.4, -0.2) is 13.6 Å². The minimum absolute atomic E-state index is 0.250. The van der Waals surface area contributed by atoms with Gasteiger partial charge in [-0.3, -0.25) is 0 Å². The van der Waals surface area contributed by atoms with Crippen LogP contribution in [0.15, 0.2) is 43.0 Å². The first-order valence-corrected chi connectivity index (χ1v) is 12.3. The Morgan fingerprint density at radius 2 is 1.71 bits per heavy atom. The third kappa shape index (κ3) is 5.32. The lowest BCUT2D eigenvalue weighted by Crippen LogP contribution is -2.34. The van der Waals surface area contributed by atoms with Crippen LogP contribution in [0.2, 0.25) is 0 Å². The lowest BCUT2D eigenvalue weighted by atomic mass is 9.76. The summed E-state index contributed by atoms with van der Waals surface area (Å²) in [6, 6.07) is 14.0. The number of benzene rings is 2. The number of allylic oxidation sites excluding steroid dienone is 2. The Morgan fingerprint density at radius 1 is 1.00 bits per heavy atom. The van der Waals surface area contributed by atoms with Gasteiger partial charge in [0.15, 0.2) is 0 Å². The van der Waals surface area contributed by atoms with Crippen molar-refractivity contribution in [1.29, 1.82) is 0 Å². The van der Waals surface area contributed by atoms with Crippen molar-refractivity contribution in [3.8, 4) is 0 Å². The summed E-state index contributed by atoms with van der Waals surface area (Å²) in [7, 11) is 2.21. The second-order valence-corrected chi connectivity index (χ2v) is 8.83.